The lowest BCUT2D eigenvalue weighted by Crippen LogP contribution is -2.45. The number of hydrogen-bond donors (Lipinski definition) is 1. The standard InChI is InChI=1S/C17H23NO4/c1-12(2)10-14(18-9-8-15(19)16(18)20)17(21)22-11-13-6-4-3-5-7-13/h3-7,12,14-15,19H,8-11H2,1-2H3/t14-,15+/m0/s1. The zero-order valence-electron chi connectivity index (χ0n) is 13.1. The first-order valence-corrected chi connectivity index (χ1v) is 7.68. The molecule has 0 aromatic heterocycles. The molecule has 1 saturated heterocycles. The number of esters is 1. The van der Waals surface area contributed by atoms with Crippen LogP contribution in [-0.4, -0.2) is 40.6 Å². The van der Waals surface area contributed by atoms with E-state index in [1.807, 2.05) is 44.2 Å². The Labute approximate surface area is 130 Å². The molecule has 120 valence electrons. The van der Waals surface area contributed by atoms with Crippen LogP contribution in [0.1, 0.15) is 32.3 Å². The van der Waals surface area contributed by atoms with Gasteiger partial charge in [0.1, 0.15) is 18.8 Å². The Morgan fingerprint density at radius 2 is 2.05 bits per heavy atom. The van der Waals surface area contributed by atoms with E-state index in [0.29, 0.717) is 19.4 Å². The van der Waals surface area contributed by atoms with E-state index in [-0.39, 0.29) is 18.4 Å². The maximum Gasteiger partial charge on any atom is 0.329 e. The minimum atomic E-state index is -0.989. The van der Waals surface area contributed by atoms with Gasteiger partial charge in [0.05, 0.1) is 0 Å². The molecular formula is C17H23NO4. The molecule has 0 unspecified atom stereocenters. The highest BCUT2D eigenvalue weighted by molar-refractivity contribution is 5.88. The molecule has 1 aliphatic rings. The maximum atomic E-state index is 12.4. The average Bonchev–Trinajstić information content (AvgIpc) is 2.83. The minimum Gasteiger partial charge on any atom is -0.459 e. The molecule has 0 spiro atoms. The van der Waals surface area contributed by atoms with Gasteiger partial charge in [-0.15, -0.1) is 0 Å². The Morgan fingerprint density at radius 1 is 1.36 bits per heavy atom. The van der Waals surface area contributed by atoms with E-state index in [1.165, 1.54) is 4.90 Å². The van der Waals surface area contributed by atoms with Crippen molar-refractivity contribution in [3.05, 3.63) is 35.9 Å². The quantitative estimate of drug-likeness (QED) is 0.813. The van der Waals surface area contributed by atoms with E-state index in [0.717, 1.165) is 5.56 Å². The van der Waals surface area contributed by atoms with Gasteiger partial charge in [-0.25, -0.2) is 4.79 Å². The van der Waals surface area contributed by atoms with Gasteiger partial charge in [-0.3, -0.25) is 4.79 Å². The first-order valence-electron chi connectivity index (χ1n) is 7.68. The number of benzene rings is 1. The zero-order chi connectivity index (χ0) is 16.1. The predicted octanol–water partition coefficient (Wildman–Crippen LogP) is 1.74. The van der Waals surface area contributed by atoms with Crippen molar-refractivity contribution < 1.29 is 19.4 Å². The Hall–Kier alpha value is -1.88. The smallest absolute Gasteiger partial charge is 0.329 e. The molecule has 2 atom stereocenters. The number of nitrogens with zero attached hydrogens (tertiary/aromatic N) is 1. The maximum absolute atomic E-state index is 12.4. The molecule has 1 aliphatic heterocycles. The normalized spacial score (nSPS) is 19.5. The number of carbonyl (C=O) groups is 2. The van der Waals surface area contributed by atoms with Gasteiger partial charge in [0, 0.05) is 6.54 Å². The van der Waals surface area contributed by atoms with E-state index in [2.05, 4.69) is 0 Å². The molecule has 0 aliphatic carbocycles. The van der Waals surface area contributed by atoms with Gasteiger partial charge in [0.2, 0.25) is 0 Å². The lowest BCUT2D eigenvalue weighted by atomic mass is 10.0. The zero-order valence-corrected chi connectivity index (χ0v) is 13.1. The lowest BCUT2D eigenvalue weighted by molar-refractivity contribution is -0.156. The van der Waals surface area contributed by atoms with Crippen LogP contribution in [0.4, 0.5) is 0 Å². The molecule has 1 aromatic rings. The molecule has 2 rings (SSSR count). The first-order chi connectivity index (χ1) is 10.5. The average molecular weight is 305 g/mol. The van der Waals surface area contributed by atoms with E-state index in [1.54, 1.807) is 0 Å². The summed E-state index contributed by atoms with van der Waals surface area (Å²) in [4.78, 5) is 25.8. The Kier molecular flexibility index (Phi) is 5.55. The third-order valence-corrected chi connectivity index (χ3v) is 3.78. The molecule has 1 amide bonds. The van der Waals surface area contributed by atoms with Crippen molar-refractivity contribution in [2.45, 2.75) is 45.4 Å². The van der Waals surface area contributed by atoms with Gasteiger partial charge in [-0.2, -0.15) is 0 Å². The molecule has 5 nitrogen and oxygen atoms in total. The summed E-state index contributed by atoms with van der Waals surface area (Å²) in [5.74, 6) is -0.526. The summed E-state index contributed by atoms with van der Waals surface area (Å²) in [6.07, 6.45) is -0.0811. The summed E-state index contributed by atoms with van der Waals surface area (Å²) < 4.78 is 5.37. The number of ether oxygens (including phenoxy) is 1. The van der Waals surface area contributed by atoms with Crippen molar-refractivity contribution in [1.82, 2.24) is 4.90 Å². The second-order valence-corrected chi connectivity index (χ2v) is 6.07. The number of likely N-dealkylation sites (tertiary alicyclic amines) is 1. The fraction of sp³-hybridized carbons (Fsp3) is 0.529. The number of rotatable bonds is 6. The van der Waals surface area contributed by atoms with Gasteiger partial charge in [0.15, 0.2) is 0 Å². The molecule has 5 heteroatoms. The summed E-state index contributed by atoms with van der Waals surface area (Å²) in [7, 11) is 0. The van der Waals surface area contributed by atoms with E-state index >= 15 is 0 Å². The number of carbonyl (C=O) groups excluding carboxylic acids is 2. The summed E-state index contributed by atoms with van der Waals surface area (Å²) in [6.45, 7) is 4.58. The van der Waals surface area contributed by atoms with Crippen LogP contribution in [-0.2, 0) is 20.9 Å². The van der Waals surface area contributed by atoms with Gasteiger partial charge in [-0.1, -0.05) is 44.2 Å². The summed E-state index contributed by atoms with van der Waals surface area (Å²) >= 11 is 0. The number of hydrogen-bond acceptors (Lipinski definition) is 4. The van der Waals surface area contributed by atoms with Gasteiger partial charge in [0.25, 0.3) is 5.91 Å². The first kappa shape index (κ1) is 16.5. The van der Waals surface area contributed by atoms with Crippen molar-refractivity contribution in [1.29, 1.82) is 0 Å². The molecule has 1 aromatic carbocycles. The Balaban J connectivity index is 2.02. The third-order valence-electron chi connectivity index (χ3n) is 3.78. The molecule has 22 heavy (non-hydrogen) atoms. The van der Waals surface area contributed by atoms with Gasteiger partial charge < -0.3 is 14.7 Å². The highest BCUT2D eigenvalue weighted by Gasteiger charge is 2.38. The predicted molar refractivity (Wildman–Crippen MR) is 81.8 cm³/mol. The third kappa shape index (κ3) is 4.07. The molecule has 0 bridgehead atoms. The Bertz CT molecular complexity index is 515. The van der Waals surface area contributed by atoms with E-state index in [4.69, 9.17) is 4.74 Å². The van der Waals surface area contributed by atoms with Crippen LogP contribution in [0.5, 0.6) is 0 Å². The molecule has 0 saturated carbocycles. The van der Waals surface area contributed by atoms with Crippen molar-refractivity contribution >= 4 is 11.9 Å². The van der Waals surface area contributed by atoms with Gasteiger partial charge in [-0.05, 0) is 24.3 Å². The second-order valence-electron chi connectivity index (χ2n) is 6.07. The number of aliphatic hydroxyl groups excluding tert-OH is 1. The summed E-state index contributed by atoms with van der Waals surface area (Å²) in [5, 5.41) is 9.60. The van der Waals surface area contributed by atoms with Crippen molar-refractivity contribution in [2.75, 3.05) is 6.54 Å². The monoisotopic (exact) mass is 305 g/mol. The largest absolute Gasteiger partial charge is 0.459 e. The highest BCUT2D eigenvalue weighted by atomic mass is 16.5. The van der Waals surface area contributed by atoms with E-state index < -0.39 is 18.1 Å². The fourth-order valence-corrected chi connectivity index (χ4v) is 2.62. The Morgan fingerprint density at radius 3 is 2.59 bits per heavy atom. The van der Waals surface area contributed by atoms with Crippen molar-refractivity contribution in [3.63, 3.8) is 0 Å². The van der Waals surface area contributed by atoms with Crippen LogP contribution in [0.15, 0.2) is 30.3 Å². The summed E-state index contributed by atoms with van der Waals surface area (Å²) in [6, 6.07) is 8.82. The number of aliphatic hydroxyl groups is 1. The molecule has 1 fully saturated rings. The van der Waals surface area contributed by atoms with Crippen LogP contribution in [0.2, 0.25) is 0 Å². The van der Waals surface area contributed by atoms with Crippen LogP contribution < -0.4 is 0 Å². The highest BCUT2D eigenvalue weighted by Crippen LogP contribution is 2.21. The molecule has 1 heterocycles. The van der Waals surface area contributed by atoms with Gasteiger partial charge >= 0.3 is 5.97 Å². The summed E-state index contributed by atoms with van der Waals surface area (Å²) in [5.41, 5.74) is 0.909. The van der Waals surface area contributed by atoms with Crippen LogP contribution in [0.3, 0.4) is 0 Å². The molecule has 0 radical (unpaired) electrons. The molecule has 1 N–H and O–H groups in total. The topological polar surface area (TPSA) is 66.8 Å². The van der Waals surface area contributed by atoms with Crippen molar-refractivity contribution in [2.24, 2.45) is 5.92 Å². The second kappa shape index (κ2) is 7.40. The fourth-order valence-electron chi connectivity index (χ4n) is 2.62. The molecular weight excluding hydrogens is 282 g/mol. The lowest BCUT2D eigenvalue weighted by Gasteiger charge is -2.27. The van der Waals surface area contributed by atoms with Crippen molar-refractivity contribution in [3.8, 4) is 0 Å². The van der Waals surface area contributed by atoms with Crippen LogP contribution in [0, 0.1) is 5.92 Å². The van der Waals surface area contributed by atoms with Crippen LogP contribution in [0.25, 0.3) is 0 Å². The number of amides is 1. The SMILES string of the molecule is CC(C)C[C@@H](C(=O)OCc1ccccc1)N1CC[C@@H](O)C1=O. The van der Waals surface area contributed by atoms with Crippen LogP contribution >= 0.6 is 0 Å². The minimum absolute atomic E-state index is 0.193. The van der Waals surface area contributed by atoms with E-state index in [9.17, 15) is 14.7 Å².